The second-order valence-corrected chi connectivity index (χ2v) is 8.84. The molecule has 1 N–H and O–H groups in total. The summed E-state index contributed by atoms with van der Waals surface area (Å²) in [4.78, 5) is 14.9. The van der Waals surface area contributed by atoms with Crippen molar-refractivity contribution in [2.24, 2.45) is 0 Å². The molecule has 0 amide bonds. The van der Waals surface area contributed by atoms with E-state index < -0.39 is 0 Å². The third-order valence-corrected chi connectivity index (χ3v) is 6.67. The molecule has 1 saturated heterocycles. The zero-order valence-corrected chi connectivity index (χ0v) is 17.8. The molecule has 3 aromatic rings. The van der Waals surface area contributed by atoms with Crippen LogP contribution in [0.1, 0.15) is 40.7 Å². The molecule has 2 atom stereocenters. The fourth-order valence-electron chi connectivity index (χ4n) is 5.24. The fraction of sp³-hybridized carbons (Fsp3) is 0.296. The minimum Gasteiger partial charge on any atom is -0.508 e. The van der Waals surface area contributed by atoms with Gasteiger partial charge in [0, 0.05) is 42.5 Å². The first kappa shape index (κ1) is 20.7. The number of halogens is 1. The van der Waals surface area contributed by atoms with Gasteiger partial charge in [0.05, 0.1) is 0 Å². The molecule has 2 aliphatic heterocycles. The highest BCUT2D eigenvalue weighted by molar-refractivity contribution is 5.95. The third-order valence-electron chi connectivity index (χ3n) is 6.67. The number of likely N-dealkylation sites (tertiary alicyclic amines) is 1. The standard InChI is InChI=1S/C27H26FNO3/c28-21-10-8-19(9-11-21)25(31)7-4-14-29-17-23-16-27(18-29,20-5-2-1-3-6-20)24-15-22(30)12-13-26(24)32-23/h1-3,5-6,8-13,15,23,30H,4,7,14,16-18H2. The number of phenolic OH excluding ortho intramolecular Hbond substituents is 1. The second kappa shape index (κ2) is 8.40. The molecule has 0 aromatic heterocycles. The average molecular weight is 432 g/mol. The van der Waals surface area contributed by atoms with Gasteiger partial charge in [-0.3, -0.25) is 9.69 Å². The van der Waals surface area contributed by atoms with Crippen molar-refractivity contribution in [1.29, 1.82) is 0 Å². The molecule has 5 rings (SSSR count). The van der Waals surface area contributed by atoms with Crippen molar-refractivity contribution >= 4 is 5.78 Å². The highest BCUT2D eigenvalue weighted by Gasteiger charge is 2.48. The predicted octanol–water partition coefficient (Wildman–Crippen LogP) is 4.95. The lowest BCUT2D eigenvalue weighted by Crippen LogP contribution is -2.56. The molecule has 2 bridgehead atoms. The molecule has 0 spiro atoms. The summed E-state index contributed by atoms with van der Waals surface area (Å²) in [5.41, 5.74) is 2.52. The third kappa shape index (κ3) is 3.89. The average Bonchev–Trinajstić information content (AvgIpc) is 2.80. The smallest absolute Gasteiger partial charge is 0.162 e. The van der Waals surface area contributed by atoms with Gasteiger partial charge in [-0.1, -0.05) is 30.3 Å². The van der Waals surface area contributed by atoms with E-state index in [0.717, 1.165) is 43.8 Å². The number of piperidine rings is 1. The first-order valence-corrected chi connectivity index (χ1v) is 11.1. The van der Waals surface area contributed by atoms with Gasteiger partial charge < -0.3 is 9.84 Å². The molecule has 2 aliphatic rings. The molecule has 164 valence electrons. The molecule has 0 radical (unpaired) electrons. The van der Waals surface area contributed by atoms with Crippen LogP contribution in [-0.2, 0) is 5.41 Å². The van der Waals surface area contributed by atoms with E-state index in [1.165, 1.54) is 17.7 Å². The van der Waals surface area contributed by atoms with Crippen molar-refractivity contribution < 1.29 is 19.0 Å². The van der Waals surface area contributed by atoms with E-state index in [0.29, 0.717) is 12.0 Å². The van der Waals surface area contributed by atoms with E-state index in [9.17, 15) is 14.3 Å². The van der Waals surface area contributed by atoms with Crippen LogP contribution in [-0.4, -0.2) is 41.5 Å². The van der Waals surface area contributed by atoms with Gasteiger partial charge in [0.25, 0.3) is 0 Å². The van der Waals surface area contributed by atoms with Crippen LogP contribution < -0.4 is 4.74 Å². The molecule has 4 nitrogen and oxygen atoms in total. The Balaban J connectivity index is 1.36. The van der Waals surface area contributed by atoms with Crippen LogP contribution in [0.4, 0.5) is 4.39 Å². The van der Waals surface area contributed by atoms with Gasteiger partial charge in [0.2, 0.25) is 0 Å². The van der Waals surface area contributed by atoms with Gasteiger partial charge in [0.15, 0.2) is 5.78 Å². The summed E-state index contributed by atoms with van der Waals surface area (Å²) >= 11 is 0. The van der Waals surface area contributed by atoms with Crippen molar-refractivity contribution in [3.8, 4) is 11.5 Å². The van der Waals surface area contributed by atoms with Gasteiger partial charge in [-0.15, -0.1) is 0 Å². The number of benzene rings is 3. The van der Waals surface area contributed by atoms with Crippen molar-refractivity contribution in [1.82, 2.24) is 4.90 Å². The molecule has 2 heterocycles. The van der Waals surface area contributed by atoms with Crippen LogP contribution in [0, 0.1) is 5.82 Å². The van der Waals surface area contributed by atoms with E-state index in [2.05, 4.69) is 29.2 Å². The number of rotatable bonds is 6. The van der Waals surface area contributed by atoms with Crippen molar-refractivity contribution in [2.45, 2.75) is 30.8 Å². The van der Waals surface area contributed by atoms with Crippen LogP contribution >= 0.6 is 0 Å². The van der Waals surface area contributed by atoms with E-state index in [1.54, 1.807) is 18.2 Å². The normalized spacial score (nSPS) is 22.1. The van der Waals surface area contributed by atoms with Gasteiger partial charge >= 0.3 is 0 Å². The Hall–Kier alpha value is -3.18. The number of ketones is 1. The van der Waals surface area contributed by atoms with Gasteiger partial charge in [-0.2, -0.15) is 0 Å². The number of aromatic hydroxyl groups is 1. The molecule has 3 aromatic carbocycles. The fourth-order valence-corrected chi connectivity index (χ4v) is 5.24. The zero-order chi connectivity index (χ0) is 22.1. The highest BCUT2D eigenvalue weighted by Crippen LogP contribution is 2.49. The zero-order valence-electron chi connectivity index (χ0n) is 17.8. The predicted molar refractivity (Wildman–Crippen MR) is 121 cm³/mol. The number of carbonyl (C=O) groups excluding carboxylic acids is 1. The Morgan fingerprint density at radius 2 is 1.88 bits per heavy atom. The summed E-state index contributed by atoms with van der Waals surface area (Å²) in [6.07, 6.45) is 2.05. The quantitative estimate of drug-likeness (QED) is 0.561. The summed E-state index contributed by atoms with van der Waals surface area (Å²) in [5, 5.41) is 10.2. The van der Waals surface area contributed by atoms with E-state index in [1.807, 2.05) is 18.2 Å². The maximum absolute atomic E-state index is 13.1. The number of fused-ring (bicyclic) bond motifs is 4. The molecular formula is C27H26FNO3. The van der Waals surface area contributed by atoms with E-state index >= 15 is 0 Å². The number of carbonyl (C=O) groups is 1. The lowest BCUT2D eigenvalue weighted by molar-refractivity contribution is 0.0299. The Kier molecular flexibility index (Phi) is 5.43. The lowest BCUT2D eigenvalue weighted by Gasteiger charge is -2.50. The number of nitrogens with zero attached hydrogens (tertiary/aromatic N) is 1. The summed E-state index contributed by atoms with van der Waals surface area (Å²) in [6, 6.07) is 21.5. The maximum Gasteiger partial charge on any atom is 0.162 e. The highest BCUT2D eigenvalue weighted by atomic mass is 19.1. The van der Waals surface area contributed by atoms with Crippen LogP contribution in [0.15, 0.2) is 72.8 Å². The molecule has 1 fully saturated rings. The minimum absolute atomic E-state index is 0.0338. The first-order chi connectivity index (χ1) is 15.5. The minimum atomic E-state index is -0.334. The molecule has 0 aliphatic carbocycles. The topological polar surface area (TPSA) is 49.8 Å². The van der Waals surface area contributed by atoms with E-state index in [-0.39, 0.29) is 28.9 Å². The van der Waals surface area contributed by atoms with Gasteiger partial charge in [-0.25, -0.2) is 4.39 Å². The number of Topliss-reactive ketones (excluding diaryl/α,β-unsaturated/α-hetero) is 1. The second-order valence-electron chi connectivity index (χ2n) is 8.84. The molecule has 32 heavy (non-hydrogen) atoms. The van der Waals surface area contributed by atoms with Gasteiger partial charge in [-0.05, 0) is 61.0 Å². The Labute approximate surface area is 187 Å². The molecular weight excluding hydrogens is 405 g/mol. The summed E-state index contributed by atoms with van der Waals surface area (Å²) < 4.78 is 19.4. The monoisotopic (exact) mass is 431 g/mol. The number of hydrogen-bond acceptors (Lipinski definition) is 4. The molecule has 2 unspecified atom stereocenters. The summed E-state index contributed by atoms with van der Waals surface area (Å²) in [7, 11) is 0. The van der Waals surface area contributed by atoms with Crippen molar-refractivity contribution in [2.75, 3.05) is 19.6 Å². The Morgan fingerprint density at radius 1 is 1.09 bits per heavy atom. The van der Waals surface area contributed by atoms with Gasteiger partial charge in [0.1, 0.15) is 23.4 Å². The van der Waals surface area contributed by atoms with Crippen molar-refractivity contribution in [3.63, 3.8) is 0 Å². The number of ether oxygens (including phenoxy) is 1. The van der Waals surface area contributed by atoms with Crippen LogP contribution in [0.2, 0.25) is 0 Å². The lowest BCUT2D eigenvalue weighted by atomic mass is 9.67. The molecule has 5 heteroatoms. The van der Waals surface area contributed by atoms with Crippen LogP contribution in [0.25, 0.3) is 0 Å². The summed E-state index contributed by atoms with van der Waals surface area (Å²) in [6.45, 7) is 2.38. The number of phenols is 1. The summed E-state index contributed by atoms with van der Waals surface area (Å²) in [5.74, 6) is 0.780. The van der Waals surface area contributed by atoms with Crippen LogP contribution in [0.3, 0.4) is 0 Å². The Bertz CT molecular complexity index is 1120. The first-order valence-electron chi connectivity index (χ1n) is 11.1. The maximum atomic E-state index is 13.1. The van der Waals surface area contributed by atoms with Crippen molar-refractivity contribution in [3.05, 3.63) is 95.3 Å². The van der Waals surface area contributed by atoms with Crippen LogP contribution in [0.5, 0.6) is 11.5 Å². The number of hydrogen-bond donors (Lipinski definition) is 1. The Morgan fingerprint density at radius 3 is 2.66 bits per heavy atom. The largest absolute Gasteiger partial charge is 0.508 e. The SMILES string of the molecule is O=C(CCCN1CC2CC(c3ccccc3)(C1)c1cc(O)ccc1O2)c1ccc(F)cc1. The van der Waals surface area contributed by atoms with E-state index in [4.69, 9.17) is 4.74 Å². The molecule has 0 saturated carbocycles.